The van der Waals surface area contributed by atoms with Crippen molar-refractivity contribution in [1.82, 2.24) is 20.2 Å². The van der Waals surface area contributed by atoms with Gasteiger partial charge in [-0.2, -0.15) is 0 Å². The molecule has 3 aromatic carbocycles. The molecule has 0 radical (unpaired) electrons. The van der Waals surface area contributed by atoms with Gasteiger partial charge in [-0.3, -0.25) is 9.59 Å². The SMILES string of the molecule is CCn1cc(C=C(NC(=O)c2cc(OC)c(OC)c(OC)c2)C(=O)NCCc2c[nH]c3ccccc23)c2ccccc21. The average molecular weight is 567 g/mol. The lowest BCUT2D eigenvalue weighted by Crippen LogP contribution is -2.35. The first-order valence-corrected chi connectivity index (χ1v) is 13.7. The van der Waals surface area contributed by atoms with Gasteiger partial charge in [0, 0.05) is 58.4 Å². The number of benzene rings is 3. The first-order chi connectivity index (χ1) is 20.5. The molecule has 2 heterocycles. The van der Waals surface area contributed by atoms with Crippen LogP contribution in [0.15, 0.2) is 78.8 Å². The first-order valence-electron chi connectivity index (χ1n) is 13.7. The second-order valence-corrected chi connectivity index (χ2v) is 9.68. The summed E-state index contributed by atoms with van der Waals surface area (Å²) >= 11 is 0. The maximum Gasteiger partial charge on any atom is 0.267 e. The van der Waals surface area contributed by atoms with Gasteiger partial charge in [-0.25, -0.2) is 0 Å². The number of H-pyrrole nitrogens is 1. The molecule has 0 bridgehead atoms. The fourth-order valence-corrected chi connectivity index (χ4v) is 5.12. The summed E-state index contributed by atoms with van der Waals surface area (Å²) in [4.78, 5) is 30.4. The number of para-hydroxylation sites is 2. The lowest BCUT2D eigenvalue weighted by Gasteiger charge is -2.15. The van der Waals surface area contributed by atoms with Crippen LogP contribution in [0.5, 0.6) is 17.2 Å². The van der Waals surface area contributed by atoms with E-state index in [1.807, 2.05) is 54.9 Å². The number of rotatable bonds is 11. The number of amides is 2. The van der Waals surface area contributed by atoms with Gasteiger partial charge in [-0.1, -0.05) is 36.4 Å². The van der Waals surface area contributed by atoms with Crippen LogP contribution in [0, 0.1) is 0 Å². The van der Waals surface area contributed by atoms with Gasteiger partial charge in [0.1, 0.15) is 5.70 Å². The summed E-state index contributed by atoms with van der Waals surface area (Å²) in [7, 11) is 4.46. The van der Waals surface area contributed by atoms with E-state index in [2.05, 4.69) is 33.2 Å². The van der Waals surface area contributed by atoms with Gasteiger partial charge in [0.05, 0.1) is 21.3 Å². The number of nitrogens with zero attached hydrogens (tertiary/aromatic N) is 1. The molecule has 5 aromatic rings. The standard InChI is InChI=1S/C33H34N4O5/c1-5-37-20-23(25-11-7-9-13-28(25)37)16-27(33(39)34-15-14-21-19-35-26-12-8-6-10-24(21)26)36-32(38)22-17-29(40-2)31(42-4)30(18-22)41-3/h6-13,16-20,35H,5,14-15H2,1-4H3,(H,34,39)(H,36,38). The fraction of sp³-hybridized carbons (Fsp3) is 0.212. The monoisotopic (exact) mass is 566 g/mol. The van der Waals surface area contributed by atoms with Gasteiger partial charge in [0.2, 0.25) is 5.75 Å². The van der Waals surface area contributed by atoms with E-state index < -0.39 is 11.8 Å². The highest BCUT2D eigenvalue weighted by atomic mass is 16.5. The van der Waals surface area contributed by atoms with Crippen LogP contribution < -0.4 is 24.8 Å². The van der Waals surface area contributed by atoms with Crippen molar-refractivity contribution in [2.45, 2.75) is 19.9 Å². The molecule has 0 unspecified atom stereocenters. The summed E-state index contributed by atoms with van der Waals surface area (Å²) in [6.45, 7) is 3.21. The Hall–Kier alpha value is -5.18. The molecule has 3 N–H and O–H groups in total. The van der Waals surface area contributed by atoms with E-state index in [4.69, 9.17) is 14.2 Å². The average Bonchev–Trinajstić information content (AvgIpc) is 3.60. The highest BCUT2D eigenvalue weighted by molar-refractivity contribution is 6.07. The van der Waals surface area contributed by atoms with Crippen molar-refractivity contribution in [3.63, 3.8) is 0 Å². The highest BCUT2D eigenvalue weighted by Gasteiger charge is 2.20. The first kappa shape index (κ1) is 28.4. The predicted molar refractivity (Wildman–Crippen MR) is 164 cm³/mol. The van der Waals surface area contributed by atoms with E-state index in [1.165, 1.54) is 21.3 Å². The zero-order valence-electron chi connectivity index (χ0n) is 24.1. The number of carbonyl (C=O) groups excluding carboxylic acids is 2. The van der Waals surface area contributed by atoms with Crippen molar-refractivity contribution < 1.29 is 23.8 Å². The van der Waals surface area contributed by atoms with Gasteiger partial charge in [-0.05, 0) is 49.2 Å². The molecule has 42 heavy (non-hydrogen) atoms. The van der Waals surface area contributed by atoms with Gasteiger partial charge < -0.3 is 34.4 Å². The summed E-state index contributed by atoms with van der Waals surface area (Å²) in [6.07, 6.45) is 6.28. The van der Waals surface area contributed by atoms with Crippen LogP contribution in [-0.4, -0.2) is 49.2 Å². The number of hydrogen-bond acceptors (Lipinski definition) is 5. The second-order valence-electron chi connectivity index (χ2n) is 9.68. The number of carbonyl (C=O) groups is 2. The molecule has 216 valence electrons. The third kappa shape index (κ3) is 5.67. The number of ether oxygens (including phenoxy) is 3. The topological polar surface area (TPSA) is 107 Å². The smallest absolute Gasteiger partial charge is 0.267 e. The summed E-state index contributed by atoms with van der Waals surface area (Å²) in [5.41, 5.74) is 4.37. The molecule has 0 spiro atoms. The van der Waals surface area contributed by atoms with Crippen LogP contribution in [0.2, 0.25) is 0 Å². The molecule has 0 saturated carbocycles. The van der Waals surface area contributed by atoms with E-state index in [0.29, 0.717) is 30.2 Å². The molecule has 2 amide bonds. The molecule has 0 aliphatic carbocycles. The number of nitrogens with one attached hydrogen (secondary N) is 3. The number of aromatic nitrogens is 2. The number of aryl methyl sites for hydroxylation is 1. The van der Waals surface area contributed by atoms with Crippen LogP contribution in [0.1, 0.15) is 28.4 Å². The quantitative estimate of drug-likeness (QED) is 0.188. The Kier molecular flexibility index (Phi) is 8.47. The maximum absolute atomic E-state index is 13.6. The number of hydrogen-bond donors (Lipinski definition) is 3. The number of aromatic amines is 1. The lowest BCUT2D eigenvalue weighted by atomic mass is 10.1. The van der Waals surface area contributed by atoms with Crippen LogP contribution in [-0.2, 0) is 17.8 Å². The molecular formula is C33H34N4O5. The van der Waals surface area contributed by atoms with Crippen LogP contribution >= 0.6 is 0 Å². The summed E-state index contributed by atoms with van der Waals surface area (Å²) in [5, 5.41) is 7.91. The normalized spacial score (nSPS) is 11.5. The van der Waals surface area contributed by atoms with Crippen molar-refractivity contribution in [3.05, 3.63) is 95.4 Å². The molecule has 0 atom stereocenters. The third-order valence-electron chi connectivity index (χ3n) is 7.23. The Morgan fingerprint density at radius 1 is 0.929 bits per heavy atom. The van der Waals surface area contributed by atoms with E-state index in [0.717, 1.165) is 39.5 Å². The predicted octanol–water partition coefficient (Wildman–Crippen LogP) is 5.30. The Morgan fingerprint density at radius 3 is 2.31 bits per heavy atom. The van der Waals surface area contributed by atoms with E-state index in [9.17, 15) is 9.59 Å². The zero-order chi connectivity index (χ0) is 29.6. The summed E-state index contributed by atoms with van der Waals surface area (Å²) in [6, 6.07) is 19.1. The maximum atomic E-state index is 13.6. The largest absolute Gasteiger partial charge is 0.493 e. The summed E-state index contributed by atoms with van der Waals surface area (Å²) < 4.78 is 18.3. The second kappa shape index (κ2) is 12.6. The Balaban J connectivity index is 1.45. The van der Waals surface area contributed by atoms with Crippen LogP contribution in [0.4, 0.5) is 0 Å². The molecule has 5 rings (SSSR count). The van der Waals surface area contributed by atoms with Gasteiger partial charge in [0.25, 0.3) is 11.8 Å². The molecule has 9 nitrogen and oxygen atoms in total. The van der Waals surface area contributed by atoms with E-state index >= 15 is 0 Å². The highest BCUT2D eigenvalue weighted by Crippen LogP contribution is 2.38. The van der Waals surface area contributed by atoms with Gasteiger partial charge in [-0.15, -0.1) is 0 Å². The van der Waals surface area contributed by atoms with Crippen molar-refractivity contribution >= 4 is 39.7 Å². The van der Waals surface area contributed by atoms with E-state index in [-0.39, 0.29) is 11.3 Å². The van der Waals surface area contributed by atoms with Crippen molar-refractivity contribution in [2.24, 2.45) is 0 Å². The minimum atomic E-state index is -0.494. The van der Waals surface area contributed by atoms with Crippen molar-refractivity contribution in [2.75, 3.05) is 27.9 Å². The Bertz CT molecular complexity index is 1760. The molecular weight excluding hydrogens is 532 g/mol. The minimum Gasteiger partial charge on any atom is -0.493 e. The van der Waals surface area contributed by atoms with E-state index in [1.54, 1.807) is 18.2 Å². The Labute approximate surface area is 244 Å². The van der Waals surface area contributed by atoms with Crippen LogP contribution in [0.25, 0.3) is 27.9 Å². The molecule has 0 saturated heterocycles. The molecule has 0 aliphatic heterocycles. The molecule has 0 fully saturated rings. The van der Waals surface area contributed by atoms with Crippen molar-refractivity contribution in [3.8, 4) is 17.2 Å². The Morgan fingerprint density at radius 2 is 1.62 bits per heavy atom. The minimum absolute atomic E-state index is 0.117. The van der Waals surface area contributed by atoms with Crippen LogP contribution in [0.3, 0.4) is 0 Å². The van der Waals surface area contributed by atoms with Gasteiger partial charge >= 0.3 is 0 Å². The molecule has 0 aliphatic rings. The zero-order valence-corrected chi connectivity index (χ0v) is 24.1. The molecule has 2 aromatic heterocycles. The fourth-order valence-electron chi connectivity index (χ4n) is 5.12. The molecule has 9 heteroatoms. The number of fused-ring (bicyclic) bond motifs is 2. The summed E-state index contributed by atoms with van der Waals surface area (Å²) in [5.74, 6) is 0.147. The van der Waals surface area contributed by atoms with Crippen molar-refractivity contribution in [1.29, 1.82) is 0 Å². The lowest BCUT2D eigenvalue weighted by molar-refractivity contribution is -0.117. The number of methoxy groups -OCH3 is 3. The third-order valence-corrected chi connectivity index (χ3v) is 7.23. The van der Waals surface area contributed by atoms with Gasteiger partial charge in [0.15, 0.2) is 11.5 Å².